The van der Waals surface area contributed by atoms with Crippen LogP contribution in [0.4, 0.5) is 0 Å². The first kappa shape index (κ1) is 12.1. The van der Waals surface area contributed by atoms with Gasteiger partial charge in [0.2, 0.25) is 0 Å². The summed E-state index contributed by atoms with van der Waals surface area (Å²) in [4.78, 5) is 4.38. The van der Waals surface area contributed by atoms with E-state index in [9.17, 15) is 0 Å². The SMILES string of the molecule is COc1cc(C)c(-c2nccs2)cc1C(C)C. The normalized spacial score (nSPS) is 10.9. The van der Waals surface area contributed by atoms with Gasteiger partial charge in [-0.1, -0.05) is 13.8 Å². The zero-order valence-electron chi connectivity index (χ0n) is 10.7. The number of hydrogen-bond acceptors (Lipinski definition) is 3. The summed E-state index contributed by atoms with van der Waals surface area (Å²) in [6.45, 7) is 6.46. The van der Waals surface area contributed by atoms with Crippen molar-refractivity contribution in [2.24, 2.45) is 0 Å². The molecule has 0 unspecified atom stereocenters. The molecule has 0 radical (unpaired) electrons. The third-order valence-corrected chi connectivity index (χ3v) is 3.67. The molecule has 17 heavy (non-hydrogen) atoms. The average Bonchev–Trinajstić information content (AvgIpc) is 2.81. The molecule has 0 N–H and O–H groups in total. The van der Waals surface area contributed by atoms with Crippen molar-refractivity contribution in [3.05, 3.63) is 34.8 Å². The van der Waals surface area contributed by atoms with Gasteiger partial charge in [-0.25, -0.2) is 4.98 Å². The van der Waals surface area contributed by atoms with Crippen LogP contribution in [0.2, 0.25) is 0 Å². The van der Waals surface area contributed by atoms with Crippen LogP contribution in [0.15, 0.2) is 23.7 Å². The molecule has 0 amide bonds. The molecule has 0 atom stereocenters. The van der Waals surface area contributed by atoms with Crippen LogP contribution in [0.1, 0.15) is 30.9 Å². The zero-order chi connectivity index (χ0) is 12.4. The Bertz CT molecular complexity index is 503. The van der Waals surface area contributed by atoms with Gasteiger partial charge in [-0.15, -0.1) is 11.3 Å². The van der Waals surface area contributed by atoms with Gasteiger partial charge >= 0.3 is 0 Å². The fourth-order valence-electron chi connectivity index (χ4n) is 1.91. The second-order valence-corrected chi connectivity index (χ2v) is 5.30. The summed E-state index contributed by atoms with van der Waals surface area (Å²) >= 11 is 1.67. The highest BCUT2D eigenvalue weighted by Crippen LogP contribution is 2.34. The number of thiazole rings is 1. The van der Waals surface area contributed by atoms with E-state index in [1.165, 1.54) is 16.7 Å². The summed E-state index contributed by atoms with van der Waals surface area (Å²) in [6, 6.07) is 4.31. The Balaban J connectivity index is 2.58. The standard InChI is InChI=1S/C14H17NOS/c1-9(2)11-8-12(14-15-5-6-17-14)10(3)7-13(11)16-4/h5-9H,1-4H3. The molecule has 0 bridgehead atoms. The fraction of sp³-hybridized carbons (Fsp3) is 0.357. The molecule has 2 rings (SSSR count). The summed E-state index contributed by atoms with van der Waals surface area (Å²) in [5.74, 6) is 1.42. The van der Waals surface area contributed by atoms with Crippen molar-refractivity contribution < 1.29 is 4.74 Å². The van der Waals surface area contributed by atoms with Crippen molar-refractivity contribution in [1.82, 2.24) is 4.98 Å². The Morgan fingerprint density at radius 3 is 2.59 bits per heavy atom. The third kappa shape index (κ3) is 2.34. The molecule has 0 aliphatic rings. The van der Waals surface area contributed by atoms with Crippen LogP contribution in [0, 0.1) is 6.92 Å². The van der Waals surface area contributed by atoms with E-state index in [4.69, 9.17) is 4.74 Å². The Morgan fingerprint density at radius 1 is 1.29 bits per heavy atom. The lowest BCUT2D eigenvalue weighted by molar-refractivity contribution is 0.407. The van der Waals surface area contributed by atoms with Crippen molar-refractivity contribution in [2.45, 2.75) is 26.7 Å². The molecule has 0 aliphatic carbocycles. The Morgan fingerprint density at radius 2 is 2.06 bits per heavy atom. The molecule has 2 aromatic rings. The van der Waals surface area contributed by atoms with Crippen molar-refractivity contribution in [1.29, 1.82) is 0 Å². The maximum atomic E-state index is 5.44. The molecule has 1 aromatic heterocycles. The summed E-state index contributed by atoms with van der Waals surface area (Å²) in [5.41, 5.74) is 3.66. The lowest BCUT2D eigenvalue weighted by Gasteiger charge is -2.15. The molecule has 1 heterocycles. The van der Waals surface area contributed by atoms with E-state index in [2.05, 4.69) is 37.9 Å². The number of rotatable bonds is 3. The van der Waals surface area contributed by atoms with E-state index in [1.54, 1.807) is 18.4 Å². The van der Waals surface area contributed by atoms with E-state index in [0.717, 1.165) is 10.8 Å². The highest BCUT2D eigenvalue weighted by Gasteiger charge is 2.13. The number of benzene rings is 1. The second-order valence-electron chi connectivity index (χ2n) is 4.40. The predicted octanol–water partition coefficient (Wildman–Crippen LogP) is 4.25. The van der Waals surface area contributed by atoms with Gasteiger partial charge in [-0.05, 0) is 36.1 Å². The van der Waals surface area contributed by atoms with Gasteiger partial charge in [-0.3, -0.25) is 0 Å². The first-order valence-electron chi connectivity index (χ1n) is 5.72. The highest BCUT2D eigenvalue weighted by molar-refractivity contribution is 7.13. The Kier molecular flexibility index (Phi) is 3.48. The third-order valence-electron chi connectivity index (χ3n) is 2.86. The number of methoxy groups -OCH3 is 1. The monoisotopic (exact) mass is 247 g/mol. The molecule has 1 aromatic carbocycles. The highest BCUT2D eigenvalue weighted by atomic mass is 32.1. The number of hydrogen-bond donors (Lipinski definition) is 0. The molecule has 0 saturated carbocycles. The van der Waals surface area contributed by atoms with E-state index in [1.807, 2.05) is 11.6 Å². The maximum absolute atomic E-state index is 5.44. The summed E-state index contributed by atoms with van der Waals surface area (Å²) < 4.78 is 5.44. The Hall–Kier alpha value is -1.35. The molecule has 2 nitrogen and oxygen atoms in total. The van der Waals surface area contributed by atoms with Gasteiger partial charge in [0.15, 0.2) is 0 Å². The molecular weight excluding hydrogens is 230 g/mol. The van der Waals surface area contributed by atoms with Crippen molar-refractivity contribution in [2.75, 3.05) is 7.11 Å². The van der Waals surface area contributed by atoms with Crippen molar-refractivity contribution in [3.63, 3.8) is 0 Å². The summed E-state index contributed by atoms with van der Waals surface area (Å²) in [6.07, 6.45) is 1.85. The first-order chi connectivity index (χ1) is 8.13. The maximum Gasteiger partial charge on any atom is 0.123 e. The van der Waals surface area contributed by atoms with Crippen LogP contribution in [0.5, 0.6) is 5.75 Å². The van der Waals surface area contributed by atoms with Crippen molar-refractivity contribution in [3.8, 4) is 16.3 Å². The quantitative estimate of drug-likeness (QED) is 0.809. The van der Waals surface area contributed by atoms with Crippen LogP contribution in [-0.4, -0.2) is 12.1 Å². The van der Waals surface area contributed by atoms with Crippen LogP contribution in [-0.2, 0) is 0 Å². The molecule has 0 aliphatic heterocycles. The predicted molar refractivity (Wildman–Crippen MR) is 72.9 cm³/mol. The van der Waals surface area contributed by atoms with Crippen LogP contribution < -0.4 is 4.74 Å². The number of nitrogens with zero attached hydrogens (tertiary/aromatic N) is 1. The van der Waals surface area contributed by atoms with Gasteiger partial charge in [0.25, 0.3) is 0 Å². The molecule has 0 spiro atoms. The minimum Gasteiger partial charge on any atom is -0.496 e. The minimum absolute atomic E-state index is 0.448. The van der Waals surface area contributed by atoms with Gasteiger partial charge in [0, 0.05) is 17.1 Å². The Labute approximate surface area is 106 Å². The molecule has 0 fully saturated rings. The first-order valence-corrected chi connectivity index (χ1v) is 6.60. The van der Waals surface area contributed by atoms with Gasteiger partial charge in [-0.2, -0.15) is 0 Å². The van der Waals surface area contributed by atoms with Gasteiger partial charge in [0.05, 0.1) is 7.11 Å². The molecule has 0 saturated heterocycles. The molecule has 3 heteroatoms. The lowest BCUT2D eigenvalue weighted by Crippen LogP contribution is -1.96. The van der Waals surface area contributed by atoms with Crippen LogP contribution in [0.3, 0.4) is 0 Å². The van der Waals surface area contributed by atoms with E-state index in [0.29, 0.717) is 5.92 Å². The van der Waals surface area contributed by atoms with E-state index < -0.39 is 0 Å². The number of aromatic nitrogens is 1. The second kappa shape index (κ2) is 4.88. The fourth-order valence-corrected chi connectivity index (χ4v) is 2.63. The van der Waals surface area contributed by atoms with E-state index in [-0.39, 0.29) is 0 Å². The van der Waals surface area contributed by atoms with Crippen LogP contribution >= 0.6 is 11.3 Å². The smallest absolute Gasteiger partial charge is 0.123 e. The van der Waals surface area contributed by atoms with E-state index >= 15 is 0 Å². The largest absolute Gasteiger partial charge is 0.496 e. The summed E-state index contributed by atoms with van der Waals surface area (Å²) in [7, 11) is 1.73. The lowest BCUT2D eigenvalue weighted by atomic mass is 9.96. The van der Waals surface area contributed by atoms with Gasteiger partial charge in [0.1, 0.15) is 10.8 Å². The number of ether oxygens (including phenoxy) is 1. The number of aryl methyl sites for hydroxylation is 1. The topological polar surface area (TPSA) is 22.1 Å². The zero-order valence-corrected chi connectivity index (χ0v) is 11.5. The van der Waals surface area contributed by atoms with Crippen molar-refractivity contribution >= 4 is 11.3 Å². The van der Waals surface area contributed by atoms with Gasteiger partial charge < -0.3 is 4.74 Å². The average molecular weight is 247 g/mol. The molecule has 90 valence electrons. The minimum atomic E-state index is 0.448. The molecular formula is C14H17NOS. The van der Waals surface area contributed by atoms with Crippen LogP contribution in [0.25, 0.3) is 10.6 Å². The summed E-state index contributed by atoms with van der Waals surface area (Å²) in [5, 5.41) is 3.08.